The molecule has 3 fully saturated rings. The molecule has 0 aromatic heterocycles. The van der Waals surface area contributed by atoms with Gasteiger partial charge in [-0.3, -0.25) is 4.79 Å². The van der Waals surface area contributed by atoms with Gasteiger partial charge in [0.25, 0.3) is 16.1 Å². The summed E-state index contributed by atoms with van der Waals surface area (Å²) >= 11 is 0. The van der Waals surface area contributed by atoms with Gasteiger partial charge in [-0.15, -0.1) is 0 Å². The van der Waals surface area contributed by atoms with Crippen LogP contribution in [0.15, 0.2) is 54.6 Å². The summed E-state index contributed by atoms with van der Waals surface area (Å²) < 4.78 is 35.3. The van der Waals surface area contributed by atoms with E-state index in [1.807, 2.05) is 29.2 Å². The van der Waals surface area contributed by atoms with Crippen LogP contribution in [0, 0.1) is 5.41 Å². The van der Waals surface area contributed by atoms with Gasteiger partial charge in [0.2, 0.25) is 0 Å². The second-order valence-electron chi connectivity index (χ2n) is 9.70. The normalized spacial score (nSPS) is 25.9. The standard InChI is InChI=1S/C25H31N3O4S/c1-27(2)33(30,31)26-23-21(28(17-25(23)12-13-25)24(29)22-11-14-32-22)16-18-7-6-10-20(15-18)19-8-4-3-5-9-19/h3-10,15,21-23,26H,11-14,16-17H2,1-2H3/t21-,22?,23+/m0/s1. The Balaban J connectivity index is 1.47. The molecule has 2 heterocycles. The fraction of sp³-hybridized carbons (Fsp3) is 0.480. The average molecular weight is 470 g/mol. The Labute approximate surface area is 195 Å². The van der Waals surface area contributed by atoms with Gasteiger partial charge in [-0.25, -0.2) is 0 Å². The molecule has 0 bridgehead atoms. The Morgan fingerprint density at radius 1 is 1.12 bits per heavy atom. The van der Waals surface area contributed by atoms with Gasteiger partial charge in [-0.05, 0) is 36.0 Å². The fourth-order valence-electron chi connectivity index (χ4n) is 5.08. The third-order valence-electron chi connectivity index (χ3n) is 7.32. The maximum atomic E-state index is 13.3. The van der Waals surface area contributed by atoms with Crippen LogP contribution < -0.4 is 4.72 Å². The van der Waals surface area contributed by atoms with Gasteiger partial charge < -0.3 is 9.64 Å². The van der Waals surface area contributed by atoms with Crippen molar-refractivity contribution in [3.8, 4) is 11.1 Å². The topological polar surface area (TPSA) is 79.0 Å². The Hall–Kier alpha value is -2.26. The minimum absolute atomic E-state index is 0.0108. The summed E-state index contributed by atoms with van der Waals surface area (Å²) in [6.07, 6.45) is 2.75. The number of benzene rings is 2. The highest BCUT2D eigenvalue weighted by atomic mass is 32.2. The van der Waals surface area contributed by atoms with E-state index in [1.165, 1.54) is 18.4 Å². The zero-order valence-electron chi connectivity index (χ0n) is 19.1. The van der Waals surface area contributed by atoms with Crippen molar-refractivity contribution in [1.29, 1.82) is 0 Å². The molecular weight excluding hydrogens is 438 g/mol. The van der Waals surface area contributed by atoms with Crippen LogP contribution in [-0.2, 0) is 26.2 Å². The van der Waals surface area contributed by atoms with Gasteiger partial charge in [0.1, 0.15) is 6.10 Å². The second-order valence-corrected chi connectivity index (χ2v) is 11.6. The Morgan fingerprint density at radius 2 is 1.82 bits per heavy atom. The van der Waals surface area contributed by atoms with Crippen LogP contribution in [0.2, 0.25) is 0 Å². The number of carbonyl (C=O) groups excluding carboxylic acids is 1. The lowest BCUT2D eigenvalue weighted by molar-refractivity contribution is -0.157. The average Bonchev–Trinajstić information content (AvgIpc) is 3.49. The summed E-state index contributed by atoms with van der Waals surface area (Å²) in [5.74, 6) is -0.0108. The molecule has 1 amide bonds. The monoisotopic (exact) mass is 469 g/mol. The third-order valence-corrected chi connectivity index (χ3v) is 8.83. The highest BCUT2D eigenvalue weighted by Crippen LogP contribution is 2.56. The molecular formula is C25H31N3O4S. The van der Waals surface area contributed by atoms with Crippen LogP contribution in [0.5, 0.6) is 0 Å². The van der Waals surface area contributed by atoms with Crippen LogP contribution in [0.1, 0.15) is 24.8 Å². The fourth-order valence-corrected chi connectivity index (χ4v) is 6.02. The Kier molecular flexibility index (Phi) is 5.81. The van der Waals surface area contributed by atoms with Crippen molar-refractivity contribution in [1.82, 2.24) is 13.9 Å². The van der Waals surface area contributed by atoms with Gasteiger partial charge in [-0.2, -0.15) is 17.4 Å². The number of rotatable bonds is 7. The summed E-state index contributed by atoms with van der Waals surface area (Å²) in [6, 6.07) is 17.9. The number of likely N-dealkylation sites (tertiary alicyclic amines) is 1. The minimum atomic E-state index is -3.64. The van der Waals surface area contributed by atoms with E-state index < -0.39 is 16.3 Å². The molecule has 1 aliphatic carbocycles. The van der Waals surface area contributed by atoms with E-state index in [9.17, 15) is 13.2 Å². The summed E-state index contributed by atoms with van der Waals surface area (Å²) in [6.45, 7) is 1.19. The zero-order valence-corrected chi connectivity index (χ0v) is 19.9. The van der Waals surface area contributed by atoms with Crippen molar-refractivity contribution >= 4 is 16.1 Å². The smallest absolute Gasteiger partial charge is 0.279 e. The van der Waals surface area contributed by atoms with E-state index in [0.29, 0.717) is 19.6 Å². The van der Waals surface area contributed by atoms with E-state index in [4.69, 9.17) is 4.74 Å². The maximum absolute atomic E-state index is 13.3. The van der Waals surface area contributed by atoms with Crippen LogP contribution in [0.4, 0.5) is 0 Å². The van der Waals surface area contributed by atoms with Crippen molar-refractivity contribution in [2.75, 3.05) is 27.2 Å². The van der Waals surface area contributed by atoms with Crippen LogP contribution in [0.3, 0.4) is 0 Å². The second kappa shape index (κ2) is 8.51. The summed E-state index contributed by atoms with van der Waals surface area (Å²) in [5.41, 5.74) is 3.13. The van der Waals surface area contributed by atoms with Crippen molar-refractivity contribution in [3.63, 3.8) is 0 Å². The van der Waals surface area contributed by atoms with Crippen molar-refractivity contribution in [2.24, 2.45) is 5.41 Å². The molecule has 2 aromatic rings. The largest absolute Gasteiger partial charge is 0.368 e. The van der Waals surface area contributed by atoms with Crippen molar-refractivity contribution < 1.29 is 17.9 Å². The van der Waals surface area contributed by atoms with Gasteiger partial charge in [0.15, 0.2) is 0 Å². The van der Waals surface area contributed by atoms with Gasteiger partial charge >= 0.3 is 0 Å². The quantitative estimate of drug-likeness (QED) is 0.676. The number of carbonyl (C=O) groups is 1. The van der Waals surface area contributed by atoms with Crippen molar-refractivity contribution in [2.45, 2.75) is 43.9 Å². The first-order valence-electron chi connectivity index (χ1n) is 11.6. The van der Waals surface area contributed by atoms with E-state index in [0.717, 1.165) is 36.0 Å². The maximum Gasteiger partial charge on any atom is 0.279 e. The molecule has 7 nitrogen and oxygen atoms in total. The molecule has 2 aliphatic heterocycles. The van der Waals surface area contributed by atoms with Crippen molar-refractivity contribution in [3.05, 3.63) is 60.2 Å². The number of nitrogens with one attached hydrogen (secondary N) is 1. The van der Waals surface area contributed by atoms with Gasteiger partial charge in [-0.1, -0.05) is 54.6 Å². The molecule has 1 saturated carbocycles. The minimum Gasteiger partial charge on any atom is -0.368 e. The highest BCUT2D eigenvalue weighted by molar-refractivity contribution is 7.87. The molecule has 176 valence electrons. The lowest BCUT2D eigenvalue weighted by Crippen LogP contribution is -2.54. The summed E-state index contributed by atoms with van der Waals surface area (Å²) in [5, 5.41) is 0. The Bertz CT molecular complexity index is 1130. The summed E-state index contributed by atoms with van der Waals surface area (Å²) in [7, 11) is -0.580. The van der Waals surface area contributed by atoms with Gasteiger partial charge in [0.05, 0.1) is 18.7 Å². The molecule has 8 heteroatoms. The zero-order chi connectivity index (χ0) is 23.2. The lowest BCUT2D eigenvalue weighted by atomic mass is 9.91. The molecule has 5 rings (SSSR count). The molecule has 1 N–H and O–H groups in total. The highest BCUT2D eigenvalue weighted by Gasteiger charge is 2.62. The molecule has 1 spiro atoms. The first-order chi connectivity index (χ1) is 15.8. The van der Waals surface area contributed by atoms with E-state index >= 15 is 0 Å². The molecule has 3 atom stereocenters. The number of ether oxygens (including phenoxy) is 1. The predicted octanol–water partition coefficient (Wildman–Crippen LogP) is 2.44. The van der Waals surface area contributed by atoms with E-state index in [1.54, 1.807) is 0 Å². The van der Waals surface area contributed by atoms with Crippen LogP contribution in [0.25, 0.3) is 11.1 Å². The first-order valence-corrected chi connectivity index (χ1v) is 13.0. The predicted molar refractivity (Wildman–Crippen MR) is 127 cm³/mol. The molecule has 1 unspecified atom stereocenters. The third kappa shape index (κ3) is 4.33. The molecule has 0 radical (unpaired) electrons. The number of nitrogens with zero attached hydrogens (tertiary/aromatic N) is 2. The molecule has 2 aromatic carbocycles. The number of hydrogen-bond donors (Lipinski definition) is 1. The first kappa shape index (κ1) is 22.5. The molecule has 2 saturated heterocycles. The SMILES string of the molecule is CN(C)S(=O)(=O)N[C@@H]1[C@H](Cc2cccc(-c3ccccc3)c2)N(C(=O)C2CCO2)CC12CC2. The van der Waals surface area contributed by atoms with Crippen LogP contribution in [-0.4, -0.2) is 69.0 Å². The van der Waals surface area contributed by atoms with E-state index in [-0.39, 0.29) is 23.4 Å². The number of hydrogen-bond acceptors (Lipinski definition) is 4. The molecule has 33 heavy (non-hydrogen) atoms. The van der Waals surface area contributed by atoms with Gasteiger partial charge in [0, 0.05) is 32.5 Å². The van der Waals surface area contributed by atoms with Crippen LogP contribution >= 0.6 is 0 Å². The molecule has 3 aliphatic rings. The van der Waals surface area contributed by atoms with E-state index in [2.05, 4.69) is 35.1 Å². The Morgan fingerprint density at radius 3 is 2.42 bits per heavy atom. The number of amides is 1. The summed E-state index contributed by atoms with van der Waals surface area (Å²) in [4.78, 5) is 15.2. The lowest BCUT2D eigenvalue weighted by Gasteiger charge is -2.34.